The highest BCUT2D eigenvalue weighted by atomic mass is 19.1. The Morgan fingerprint density at radius 2 is 2.11 bits per heavy atom. The second-order valence-electron chi connectivity index (χ2n) is 4.25. The number of halogens is 1. The highest BCUT2D eigenvalue weighted by Crippen LogP contribution is 2.26. The van der Waals surface area contributed by atoms with Gasteiger partial charge in [0.05, 0.1) is 11.3 Å². The van der Waals surface area contributed by atoms with Gasteiger partial charge >= 0.3 is 5.97 Å². The van der Waals surface area contributed by atoms with E-state index >= 15 is 0 Å². The molecule has 1 aromatic heterocycles. The van der Waals surface area contributed by atoms with Crippen LogP contribution in [-0.2, 0) is 0 Å². The Hall–Kier alpha value is -2.17. The summed E-state index contributed by atoms with van der Waals surface area (Å²) in [4.78, 5) is 11.2. The lowest BCUT2D eigenvalue weighted by atomic mass is 10.0. The highest BCUT2D eigenvalue weighted by molar-refractivity contribution is 5.95. The second kappa shape index (κ2) is 4.60. The maximum Gasteiger partial charge on any atom is 0.336 e. The van der Waals surface area contributed by atoms with Crippen LogP contribution in [0.4, 0.5) is 4.39 Å². The molecule has 18 heavy (non-hydrogen) atoms. The number of hydrogen-bond donors (Lipinski definition) is 1. The molecule has 0 saturated heterocycles. The van der Waals surface area contributed by atoms with Crippen molar-refractivity contribution >= 4 is 5.97 Å². The van der Waals surface area contributed by atoms with Gasteiger partial charge in [-0.2, -0.15) is 5.10 Å². The van der Waals surface area contributed by atoms with Gasteiger partial charge in [-0.15, -0.1) is 0 Å². The van der Waals surface area contributed by atoms with Crippen molar-refractivity contribution in [2.24, 2.45) is 0 Å². The third-order valence-corrected chi connectivity index (χ3v) is 2.65. The summed E-state index contributed by atoms with van der Waals surface area (Å²) in [6, 6.07) is 5.38. The Morgan fingerprint density at radius 1 is 1.39 bits per heavy atom. The third-order valence-electron chi connectivity index (χ3n) is 2.65. The van der Waals surface area contributed by atoms with Crippen molar-refractivity contribution in [3.05, 3.63) is 41.8 Å². The van der Waals surface area contributed by atoms with Gasteiger partial charge in [0.15, 0.2) is 0 Å². The molecule has 0 amide bonds. The molecule has 5 heteroatoms. The van der Waals surface area contributed by atoms with E-state index in [1.54, 1.807) is 16.9 Å². The van der Waals surface area contributed by atoms with Crippen LogP contribution in [-0.4, -0.2) is 20.9 Å². The van der Waals surface area contributed by atoms with E-state index < -0.39 is 11.8 Å². The maximum absolute atomic E-state index is 13.3. The zero-order valence-electron chi connectivity index (χ0n) is 10.1. The van der Waals surface area contributed by atoms with Gasteiger partial charge in [0, 0.05) is 17.8 Å². The number of carboxylic acids is 1. The van der Waals surface area contributed by atoms with Crippen molar-refractivity contribution in [2.75, 3.05) is 0 Å². The van der Waals surface area contributed by atoms with Gasteiger partial charge in [-0.1, -0.05) is 0 Å². The SMILES string of the molecule is CC(C)n1nccc1-c1cc(F)ccc1C(=O)O. The molecule has 0 aliphatic heterocycles. The molecule has 0 fully saturated rings. The van der Waals surface area contributed by atoms with Crippen LogP contribution in [0.2, 0.25) is 0 Å². The molecule has 4 nitrogen and oxygen atoms in total. The quantitative estimate of drug-likeness (QED) is 0.908. The number of rotatable bonds is 3. The van der Waals surface area contributed by atoms with Gasteiger partial charge in [-0.05, 0) is 38.1 Å². The zero-order valence-corrected chi connectivity index (χ0v) is 10.1. The van der Waals surface area contributed by atoms with Gasteiger partial charge in [0.25, 0.3) is 0 Å². The Morgan fingerprint density at radius 3 is 2.72 bits per heavy atom. The fraction of sp³-hybridized carbons (Fsp3) is 0.231. The summed E-state index contributed by atoms with van der Waals surface area (Å²) in [7, 11) is 0. The van der Waals surface area contributed by atoms with E-state index in [-0.39, 0.29) is 11.6 Å². The normalized spacial score (nSPS) is 10.9. The largest absolute Gasteiger partial charge is 0.478 e. The second-order valence-corrected chi connectivity index (χ2v) is 4.25. The average Bonchev–Trinajstić information content (AvgIpc) is 2.77. The minimum Gasteiger partial charge on any atom is -0.478 e. The topological polar surface area (TPSA) is 55.1 Å². The van der Waals surface area contributed by atoms with E-state index in [2.05, 4.69) is 5.10 Å². The molecule has 0 unspecified atom stereocenters. The summed E-state index contributed by atoms with van der Waals surface area (Å²) in [5, 5.41) is 13.3. The lowest BCUT2D eigenvalue weighted by molar-refractivity contribution is 0.0697. The molecule has 0 saturated carbocycles. The van der Waals surface area contributed by atoms with Gasteiger partial charge in [-0.25, -0.2) is 9.18 Å². The van der Waals surface area contributed by atoms with E-state index in [1.807, 2.05) is 13.8 Å². The van der Waals surface area contributed by atoms with Crippen molar-refractivity contribution in [2.45, 2.75) is 19.9 Å². The fourth-order valence-corrected chi connectivity index (χ4v) is 1.85. The van der Waals surface area contributed by atoms with Crippen LogP contribution < -0.4 is 0 Å². The Balaban J connectivity index is 2.66. The molecule has 2 aromatic rings. The number of nitrogens with zero attached hydrogens (tertiary/aromatic N) is 2. The van der Waals surface area contributed by atoms with Gasteiger partial charge in [0.1, 0.15) is 5.82 Å². The van der Waals surface area contributed by atoms with Crippen molar-refractivity contribution < 1.29 is 14.3 Å². The molecule has 1 aromatic carbocycles. The molecular weight excluding hydrogens is 235 g/mol. The number of benzene rings is 1. The van der Waals surface area contributed by atoms with Crippen LogP contribution in [0.25, 0.3) is 11.3 Å². The first-order valence-corrected chi connectivity index (χ1v) is 5.57. The summed E-state index contributed by atoms with van der Waals surface area (Å²) in [5.74, 6) is -1.55. The van der Waals surface area contributed by atoms with E-state index in [9.17, 15) is 9.18 Å². The van der Waals surface area contributed by atoms with Crippen molar-refractivity contribution in [1.82, 2.24) is 9.78 Å². The molecule has 0 radical (unpaired) electrons. The lowest BCUT2D eigenvalue weighted by Gasteiger charge is -2.12. The molecule has 1 heterocycles. The first-order valence-electron chi connectivity index (χ1n) is 5.57. The molecule has 1 N–H and O–H groups in total. The molecule has 0 atom stereocenters. The monoisotopic (exact) mass is 248 g/mol. The summed E-state index contributed by atoms with van der Waals surface area (Å²) < 4.78 is 15.0. The predicted molar refractivity (Wildman–Crippen MR) is 65.0 cm³/mol. The molecule has 0 bridgehead atoms. The molecule has 0 aliphatic rings. The van der Waals surface area contributed by atoms with Gasteiger partial charge < -0.3 is 5.11 Å². The zero-order chi connectivity index (χ0) is 13.3. The fourth-order valence-electron chi connectivity index (χ4n) is 1.85. The predicted octanol–water partition coefficient (Wildman–Crippen LogP) is 2.97. The first-order chi connectivity index (χ1) is 8.50. The summed E-state index contributed by atoms with van der Waals surface area (Å²) >= 11 is 0. The molecule has 0 aliphatic carbocycles. The molecule has 2 rings (SSSR count). The van der Waals surface area contributed by atoms with Crippen LogP contribution in [0.3, 0.4) is 0 Å². The molecule has 0 spiro atoms. The van der Waals surface area contributed by atoms with Gasteiger partial charge in [-0.3, -0.25) is 4.68 Å². The van der Waals surface area contributed by atoms with Gasteiger partial charge in [0.2, 0.25) is 0 Å². The summed E-state index contributed by atoms with van der Waals surface area (Å²) in [6.07, 6.45) is 1.58. The van der Waals surface area contributed by atoms with Crippen molar-refractivity contribution in [1.29, 1.82) is 0 Å². The lowest BCUT2D eigenvalue weighted by Crippen LogP contribution is -2.07. The first kappa shape index (κ1) is 12.3. The minimum atomic E-state index is -1.08. The summed E-state index contributed by atoms with van der Waals surface area (Å²) in [6.45, 7) is 3.85. The van der Waals surface area contributed by atoms with E-state index in [0.717, 1.165) is 6.07 Å². The number of aromatic carboxylic acids is 1. The van der Waals surface area contributed by atoms with Crippen molar-refractivity contribution in [3.8, 4) is 11.3 Å². The Labute approximate surface area is 104 Å². The highest BCUT2D eigenvalue weighted by Gasteiger charge is 2.16. The van der Waals surface area contributed by atoms with Crippen LogP contribution in [0, 0.1) is 5.82 Å². The number of hydrogen-bond acceptors (Lipinski definition) is 2. The van der Waals surface area contributed by atoms with Crippen LogP contribution in [0.15, 0.2) is 30.5 Å². The smallest absolute Gasteiger partial charge is 0.336 e. The number of carboxylic acid groups (broad SMARTS) is 1. The summed E-state index contributed by atoms with van der Waals surface area (Å²) in [5.41, 5.74) is 1.01. The minimum absolute atomic E-state index is 0.0683. The maximum atomic E-state index is 13.3. The average molecular weight is 248 g/mol. The molecular formula is C13H13FN2O2. The molecule has 94 valence electrons. The van der Waals surface area contributed by atoms with Crippen LogP contribution >= 0.6 is 0 Å². The standard InChI is InChI=1S/C13H13FN2O2/c1-8(2)16-12(5-6-15-16)11-7-9(14)3-4-10(11)13(17)18/h3-8H,1-2H3,(H,17,18). The Bertz CT molecular complexity index is 590. The van der Waals surface area contributed by atoms with Crippen LogP contribution in [0.1, 0.15) is 30.2 Å². The number of carbonyl (C=O) groups is 1. The van der Waals surface area contributed by atoms with Crippen LogP contribution in [0.5, 0.6) is 0 Å². The number of aromatic nitrogens is 2. The van der Waals surface area contributed by atoms with E-state index in [0.29, 0.717) is 11.3 Å². The van der Waals surface area contributed by atoms with E-state index in [4.69, 9.17) is 5.11 Å². The van der Waals surface area contributed by atoms with E-state index in [1.165, 1.54) is 12.1 Å². The third kappa shape index (κ3) is 2.11. The Kier molecular flexibility index (Phi) is 3.14. The van der Waals surface area contributed by atoms with Crippen molar-refractivity contribution in [3.63, 3.8) is 0 Å².